The van der Waals surface area contributed by atoms with Gasteiger partial charge in [-0.05, 0) is 197 Å². The van der Waals surface area contributed by atoms with Crippen LogP contribution < -0.4 is 21.3 Å². The fraction of sp³-hybridized carbons (Fsp3) is 0.741. The molecule has 4 aliphatic rings. The van der Waals surface area contributed by atoms with Gasteiger partial charge in [0.25, 0.3) is 0 Å². The monoisotopic (exact) mass is 917 g/mol. The number of esters is 4. The van der Waals surface area contributed by atoms with Crippen molar-refractivity contribution in [2.45, 2.75) is 257 Å². The summed E-state index contributed by atoms with van der Waals surface area (Å²) in [7, 11) is 0. The zero-order valence-corrected chi connectivity index (χ0v) is 43.4. The summed E-state index contributed by atoms with van der Waals surface area (Å²) in [5, 5.41) is 15.8. The summed E-state index contributed by atoms with van der Waals surface area (Å²) in [5.74, 6) is -2.60. The van der Waals surface area contributed by atoms with Crippen LogP contribution in [-0.2, 0) is 18.9 Å². The van der Waals surface area contributed by atoms with E-state index >= 15 is 0 Å². The molecule has 12 heteroatoms. The molecule has 0 aliphatic carbocycles. The first kappa shape index (κ1) is 51.8. The lowest BCUT2D eigenvalue weighted by Gasteiger charge is -2.34. The van der Waals surface area contributed by atoms with E-state index in [1.165, 1.54) is 0 Å². The van der Waals surface area contributed by atoms with Crippen LogP contribution in [0.4, 0.5) is 0 Å². The topological polar surface area (TPSA) is 153 Å². The number of carbonyl (C=O) groups is 4. The summed E-state index contributed by atoms with van der Waals surface area (Å²) in [5.41, 5.74) is -1.77. The third-order valence-corrected chi connectivity index (χ3v) is 14.1. The zero-order chi connectivity index (χ0) is 49.1. The van der Waals surface area contributed by atoms with Gasteiger partial charge in [0.1, 0.15) is 24.4 Å². The summed E-state index contributed by atoms with van der Waals surface area (Å²) in [4.78, 5) is 58.5. The zero-order valence-electron chi connectivity index (χ0n) is 43.4. The van der Waals surface area contributed by atoms with Gasteiger partial charge in [-0.15, -0.1) is 0 Å². The van der Waals surface area contributed by atoms with Crippen molar-refractivity contribution >= 4 is 34.6 Å². The number of carbonyl (C=O) groups excluding carboxylic acids is 4. The highest BCUT2D eigenvalue weighted by molar-refractivity contribution is 6.11. The van der Waals surface area contributed by atoms with Crippen molar-refractivity contribution in [2.24, 2.45) is 0 Å². The van der Waals surface area contributed by atoms with Gasteiger partial charge in [0, 0.05) is 70.0 Å². The highest BCUT2D eigenvalue weighted by atomic mass is 16.6. The normalized spacial score (nSPS) is 28.5. The Labute approximate surface area is 395 Å². The minimum atomic E-state index is -0.649. The van der Waals surface area contributed by atoms with Crippen molar-refractivity contribution in [1.29, 1.82) is 0 Å². The second-order valence-electron chi connectivity index (χ2n) is 25.8. The second kappa shape index (κ2) is 18.4. The Morgan fingerprint density at radius 3 is 0.712 bits per heavy atom. The third-order valence-electron chi connectivity index (χ3n) is 14.1. The van der Waals surface area contributed by atoms with Crippen LogP contribution in [0.5, 0.6) is 0 Å². The smallest absolute Gasteiger partial charge is 0.339 e. The number of benzene rings is 2. The number of rotatable bonds is 8. The molecular formula is C54H84N4O8. The van der Waals surface area contributed by atoms with Crippen LogP contribution in [0.2, 0.25) is 0 Å². The molecule has 0 saturated carbocycles. The molecule has 0 spiro atoms. The minimum Gasteiger partial charge on any atom is -0.459 e. The average molecular weight is 917 g/mol. The maximum atomic E-state index is 14.6. The second-order valence-corrected chi connectivity index (χ2v) is 25.8. The Bertz CT molecular complexity index is 1870. The number of nitrogens with one attached hydrogen (secondary N) is 4. The Morgan fingerprint density at radius 2 is 0.530 bits per heavy atom. The van der Waals surface area contributed by atoms with Gasteiger partial charge in [-0.2, -0.15) is 0 Å². The first-order valence-electron chi connectivity index (χ1n) is 24.7. The molecule has 4 aliphatic heterocycles. The molecule has 66 heavy (non-hydrogen) atoms. The van der Waals surface area contributed by atoms with Crippen molar-refractivity contribution in [2.75, 3.05) is 0 Å². The van der Waals surface area contributed by atoms with Gasteiger partial charge in [0.05, 0.1) is 22.3 Å². The van der Waals surface area contributed by atoms with Gasteiger partial charge in [-0.25, -0.2) is 19.2 Å². The molecule has 4 heterocycles. The first-order valence-corrected chi connectivity index (χ1v) is 24.7. The summed E-state index contributed by atoms with van der Waals surface area (Å²) in [6.45, 7) is 34.1. The van der Waals surface area contributed by atoms with Crippen molar-refractivity contribution in [1.82, 2.24) is 21.3 Å². The maximum absolute atomic E-state index is 14.6. The van der Waals surface area contributed by atoms with Gasteiger partial charge in [-0.3, -0.25) is 0 Å². The van der Waals surface area contributed by atoms with Crippen LogP contribution in [0, 0.1) is 0 Å². The minimum absolute atomic E-state index is 0.0392. The predicted molar refractivity (Wildman–Crippen MR) is 261 cm³/mol. The van der Waals surface area contributed by atoms with Crippen molar-refractivity contribution < 1.29 is 38.1 Å². The molecule has 4 saturated heterocycles. The Balaban J connectivity index is 1.44. The molecule has 0 amide bonds. The molecule has 2 aromatic rings. The molecule has 6 rings (SSSR count). The van der Waals surface area contributed by atoms with Crippen LogP contribution in [-0.4, -0.2) is 92.6 Å². The molecule has 12 nitrogen and oxygen atoms in total. The highest BCUT2D eigenvalue weighted by Gasteiger charge is 2.41. The third kappa shape index (κ3) is 13.8. The molecule has 4 unspecified atom stereocenters. The number of ether oxygens (including phenoxy) is 4. The van der Waals surface area contributed by atoms with Gasteiger partial charge < -0.3 is 40.2 Å². The molecular weight excluding hydrogens is 833 g/mol. The summed E-state index contributed by atoms with van der Waals surface area (Å²) < 4.78 is 25.3. The molecule has 0 bridgehead atoms. The van der Waals surface area contributed by atoms with Crippen molar-refractivity contribution in [3.63, 3.8) is 0 Å². The predicted octanol–water partition coefficient (Wildman–Crippen LogP) is 10.3. The van der Waals surface area contributed by atoms with E-state index in [-0.39, 0.29) is 66.6 Å². The van der Waals surface area contributed by atoms with E-state index in [9.17, 15) is 19.2 Å². The fourth-order valence-electron chi connectivity index (χ4n) is 12.2. The lowest BCUT2D eigenvalue weighted by molar-refractivity contribution is 0.0179. The molecule has 0 radical (unpaired) electrons. The lowest BCUT2D eigenvalue weighted by atomic mass is 9.94. The fourth-order valence-corrected chi connectivity index (χ4v) is 12.2. The summed E-state index contributed by atoms with van der Waals surface area (Å²) >= 11 is 0. The van der Waals surface area contributed by atoms with E-state index < -0.39 is 48.3 Å². The van der Waals surface area contributed by atoms with E-state index in [0.29, 0.717) is 62.1 Å². The highest BCUT2D eigenvalue weighted by Crippen LogP contribution is 2.36. The van der Waals surface area contributed by atoms with E-state index in [1.807, 2.05) is 0 Å². The van der Waals surface area contributed by atoms with Crippen LogP contribution in [0.15, 0.2) is 24.3 Å². The first-order chi connectivity index (χ1) is 30.1. The summed E-state index contributed by atoms with van der Waals surface area (Å²) in [6, 6.07) is 6.42. The largest absolute Gasteiger partial charge is 0.459 e. The molecule has 4 N–H and O–H groups in total. The molecule has 0 aromatic heterocycles. The lowest BCUT2D eigenvalue weighted by Crippen LogP contribution is -2.51. The molecule has 2 aromatic carbocycles. The van der Waals surface area contributed by atoms with Crippen LogP contribution in [0.1, 0.15) is 229 Å². The Kier molecular flexibility index (Phi) is 14.4. The number of hydrogen-bond donors (Lipinski definition) is 4. The Morgan fingerprint density at radius 1 is 0.348 bits per heavy atom. The molecule has 4 atom stereocenters. The van der Waals surface area contributed by atoms with Gasteiger partial charge in [-0.1, -0.05) is 0 Å². The quantitative estimate of drug-likeness (QED) is 0.147. The molecule has 368 valence electrons. The van der Waals surface area contributed by atoms with Gasteiger partial charge in [0.2, 0.25) is 0 Å². The SMILES string of the molecule is CC1(C)CCC(OC(=O)c2cc3cc(C(=O)OC4CCC(C)(C)NC(C)(C)C4)c(C(=O)OC4CCC(C)(C)NC(C)(C)C4)cc3cc2C(=O)OC2CCC(C)(C)NC(C)(C)C2)CC(C)(C)N1. The summed E-state index contributed by atoms with van der Waals surface area (Å²) in [6.07, 6.45) is 6.32. The van der Waals surface area contributed by atoms with E-state index in [1.54, 1.807) is 24.3 Å². The van der Waals surface area contributed by atoms with Crippen LogP contribution >= 0.6 is 0 Å². The maximum Gasteiger partial charge on any atom is 0.339 e. The molecule has 4 fully saturated rings. The standard InChI is InChI=1S/C54H84N4O8/c1-47(2)21-17-35(29-51(9,10)55-47)63-43(59)39-25-33-27-41(45(61)65-37-19-23-49(5,6)57-53(13,14)31-37)42(46(62)66-38-20-24-50(7,8)58-54(15,16)32-38)28-34(33)26-40(39)44(60)64-36-18-22-48(3,4)56-52(11,12)30-36/h25-28,35-38,55-58H,17-24,29-32H2,1-16H3. The van der Waals surface area contributed by atoms with E-state index in [4.69, 9.17) is 18.9 Å². The van der Waals surface area contributed by atoms with Crippen LogP contribution in [0.3, 0.4) is 0 Å². The average Bonchev–Trinajstić information content (AvgIpc) is 3.43. The van der Waals surface area contributed by atoms with E-state index in [2.05, 4.69) is 132 Å². The van der Waals surface area contributed by atoms with Gasteiger partial charge in [0.15, 0.2) is 0 Å². The van der Waals surface area contributed by atoms with E-state index in [0.717, 1.165) is 25.7 Å². The van der Waals surface area contributed by atoms with Gasteiger partial charge >= 0.3 is 23.9 Å². The van der Waals surface area contributed by atoms with Crippen molar-refractivity contribution in [3.05, 3.63) is 46.5 Å². The number of fused-ring (bicyclic) bond motifs is 1. The Hall–Kier alpha value is -3.58. The van der Waals surface area contributed by atoms with Crippen LogP contribution in [0.25, 0.3) is 10.8 Å². The number of hydrogen-bond acceptors (Lipinski definition) is 12. The van der Waals surface area contributed by atoms with Crippen molar-refractivity contribution in [3.8, 4) is 0 Å².